The van der Waals surface area contributed by atoms with E-state index in [0.717, 1.165) is 11.3 Å². The van der Waals surface area contributed by atoms with Crippen LogP contribution in [0.4, 0.5) is 4.79 Å². The Morgan fingerprint density at radius 2 is 1.82 bits per heavy atom. The van der Waals surface area contributed by atoms with Gasteiger partial charge in [0.1, 0.15) is 12.2 Å². The summed E-state index contributed by atoms with van der Waals surface area (Å²) in [4.78, 5) is 26.1. The van der Waals surface area contributed by atoms with Crippen molar-refractivity contribution in [3.05, 3.63) is 48.3 Å². The highest BCUT2D eigenvalue weighted by Crippen LogP contribution is 2.21. The predicted octanol–water partition coefficient (Wildman–Crippen LogP) is 3.56. The Kier molecular flexibility index (Phi) is 6.02. The van der Waals surface area contributed by atoms with E-state index in [1.54, 1.807) is 15.8 Å². The quantitative estimate of drug-likeness (QED) is 0.753. The van der Waals surface area contributed by atoms with Gasteiger partial charge in [-0.25, -0.2) is 9.48 Å². The zero-order valence-corrected chi connectivity index (χ0v) is 16.6. The van der Waals surface area contributed by atoms with Crippen LogP contribution in [0.15, 0.2) is 42.7 Å². The van der Waals surface area contributed by atoms with Crippen LogP contribution in [-0.4, -0.2) is 45.4 Å². The minimum atomic E-state index is -0.514. The van der Waals surface area contributed by atoms with E-state index in [9.17, 15) is 9.59 Å². The molecule has 7 heteroatoms. The van der Waals surface area contributed by atoms with Crippen LogP contribution in [-0.2, 0) is 20.9 Å². The molecule has 1 aromatic heterocycles. The summed E-state index contributed by atoms with van der Waals surface area (Å²) in [5.41, 5.74) is 1.37. The number of amides is 1. The summed E-state index contributed by atoms with van der Waals surface area (Å²) in [5, 5.41) is 4.18. The summed E-state index contributed by atoms with van der Waals surface area (Å²) >= 11 is 0. The van der Waals surface area contributed by atoms with Gasteiger partial charge in [0, 0.05) is 25.5 Å². The Bertz CT molecular complexity index is 786. The molecule has 2 aromatic rings. The lowest BCUT2D eigenvalue weighted by Gasteiger charge is -2.32. The molecule has 1 aliphatic heterocycles. The standard InChI is InChI=1S/C21H27N3O4/c1-21(2,3)28-20(26)23-13-9-17(10-14-23)19(25)27-15-16-5-7-18(8-6-16)24-12-4-11-22-24/h4-8,11-12,17H,9-10,13-15H2,1-3H3. The summed E-state index contributed by atoms with van der Waals surface area (Å²) in [6.45, 7) is 6.79. The molecule has 150 valence electrons. The molecule has 1 saturated heterocycles. The zero-order chi connectivity index (χ0) is 20.1. The van der Waals surface area contributed by atoms with Crippen LogP contribution >= 0.6 is 0 Å². The second-order valence-corrected chi connectivity index (χ2v) is 7.97. The second kappa shape index (κ2) is 8.46. The molecular formula is C21H27N3O4. The fraction of sp³-hybridized carbons (Fsp3) is 0.476. The van der Waals surface area contributed by atoms with E-state index in [-0.39, 0.29) is 24.6 Å². The van der Waals surface area contributed by atoms with Gasteiger partial charge in [-0.1, -0.05) is 12.1 Å². The van der Waals surface area contributed by atoms with Crippen molar-refractivity contribution < 1.29 is 19.1 Å². The third kappa shape index (κ3) is 5.34. The molecule has 0 N–H and O–H groups in total. The summed E-state index contributed by atoms with van der Waals surface area (Å²) in [6, 6.07) is 9.60. The number of carbonyl (C=O) groups excluding carboxylic acids is 2. The van der Waals surface area contributed by atoms with Crippen molar-refractivity contribution in [2.45, 2.75) is 45.8 Å². The SMILES string of the molecule is CC(C)(C)OC(=O)N1CCC(C(=O)OCc2ccc(-n3cccn3)cc2)CC1. The van der Waals surface area contributed by atoms with Crippen LogP contribution in [0.25, 0.3) is 5.69 Å². The monoisotopic (exact) mass is 385 g/mol. The van der Waals surface area contributed by atoms with Crippen LogP contribution in [0.3, 0.4) is 0 Å². The highest BCUT2D eigenvalue weighted by atomic mass is 16.6. The molecular weight excluding hydrogens is 358 g/mol. The predicted molar refractivity (Wildman–Crippen MR) is 104 cm³/mol. The molecule has 1 aliphatic rings. The maximum atomic E-state index is 12.4. The second-order valence-electron chi connectivity index (χ2n) is 7.97. The highest BCUT2D eigenvalue weighted by molar-refractivity contribution is 5.73. The van der Waals surface area contributed by atoms with Crippen molar-refractivity contribution in [2.24, 2.45) is 5.92 Å². The van der Waals surface area contributed by atoms with Crippen LogP contribution in [0, 0.1) is 5.92 Å². The van der Waals surface area contributed by atoms with Gasteiger partial charge in [-0.15, -0.1) is 0 Å². The van der Waals surface area contributed by atoms with Crippen molar-refractivity contribution in [3.8, 4) is 5.69 Å². The maximum Gasteiger partial charge on any atom is 0.410 e. The number of benzene rings is 1. The Hall–Kier alpha value is -2.83. The average Bonchev–Trinajstić information content (AvgIpc) is 3.20. The van der Waals surface area contributed by atoms with Crippen LogP contribution in [0.1, 0.15) is 39.2 Å². The summed E-state index contributed by atoms with van der Waals surface area (Å²) in [5.74, 6) is -0.387. The van der Waals surface area contributed by atoms with Crippen molar-refractivity contribution in [1.82, 2.24) is 14.7 Å². The number of hydrogen-bond donors (Lipinski definition) is 0. The van der Waals surface area contributed by atoms with E-state index in [4.69, 9.17) is 9.47 Å². The fourth-order valence-electron chi connectivity index (χ4n) is 3.06. The molecule has 7 nitrogen and oxygen atoms in total. The van der Waals surface area contributed by atoms with Crippen molar-refractivity contribution >= 4 is 12.1 Å². The van der Waals surface area contributed by atoms with E-state index in [1.807, 2.05) is 57.3 Å². The molecule has 0 aliphatic carbocycles. The number of ether oxygens (including phenoxy) is 2. The molecule has 1 fully saturated rings. The average molecular weight is 385 g/mol. The number of carbonyl (C=O) groups is 2. The van der Waals surface area contributed by atoms with Crippen LogP contribution in [0.2, 0.25) is 0 Å². The maximum absolute atomic E-state index is 12.4. The lowest BCUT2D eigenvalue weighted by Crippen LogP contribution is -2.43. The highest BCUT2D eigenvalue weighted by Gasteiger charge is 2.30. The molecule has 0 bridgehead atoms. The normalized spacial score (nSPS) is 15.3. The van der Waals surface area contributed by atoms with E-state index < -0.39 is 5.60 Å². The van der Waals surface area contributed by atoms with Crippen molar-refractivity contribution in [3.63, 3.8) is 0 Å². The Morgan fingerprint density at radius 3 is 2.39 bits per heavy atom. The number of esters is 1. The van der Waals surface area contributed by atoms with Gasteiger partial charge in [-0.2, -0.15) is 5.10 Å². The number of rotatable bonds is 4. The van der Waals surface area contributed by atoms with Gasteiger partial charge >= 0.3 is 12.1 Å². The fourth-order valence-corrected chi connectivity index (χ4v) is 3.06. The van der Waals surface area contributed by atoms with Gasteiger partial charge in [0.05, 0.1) is 11.6 Å². The first kappa shape index (κ1) is 19.9. The topological polar surface area (TPSA) is 73.7 Å². The van der Waals surface area contributed by atoms with Crippen LogP contribution < -0.4 is 0 Å². The molecule has 3 rings (SSSR count). The first-order valence-electron chi connectivity index (χ1n) is 9.55. The van der Waals surface area contributed by atoms with Gasteiger partial charge in [0.25, 0.3) is 0 Å². The van der Waals surface area contributed by atoms with E-state index in [0.29, 0.717) is 25.9 Å². The molecule has 28 heavy (non-hydrogen) atoms. The van der Waals surface area contributed by atoms with E-state index >= 15 is 0 Å². The summed E-state index contributed by atoms with van der Waals surface area (Å²) in [7, 11) is 0. The van der Waals surface area contributed by atoms with E-state index in [1.165, 1.54) is 0 Å². The Balaban J connectivity index is 1.44. The largest absolute Gasteiger partial charge is 0.461 e. The molecule has 0 atom stereocenters. The smallest absolute Gasteiger partial charge is 0.410 e. The summed E-state index contributed by atoms with van der Waals surface area (Å²) in [6.07, 6.45) is 4.46. The van der Waals surface area contributed by atoms with Gasteiger partial charge < -0.3 is 14.4 Å². The molecule has 0 spiro atoms. The number of nitrogens with zero attached hydrogens (tertiary/aromatic N) is 3. The first-order chi connectivity index (χ1) is 13.3. The Morgan fingerprint density at radius 1 is 1.14 bits per heavy atom. The van der Waals surface area contributed by atoms with Crippen LogP contribution in [0.5, 0.6) is 0 Å². The number of hydrogen-bond acceptors (Lipinski definition) is 5. The lowest BCUT2D eigenvalue weighted by molar-refractivity contribution is -0.151. The van der Waals surface area contributed by atoms with Gasteiger partial charge in [0.15, 0.2) is 0 Å². The molecule has 1 aromatic carbocycles. The first-order valence-corrected chi connectivity index (χ1v) is 9.55. The number of piperidine rings is 1. The van der Waals surface area contributed by atoms with E-state index in [2.05, 4.69) is 5.10 Å². The van der Waals surface area contributed by atoms with Crippen molar-refractivity contribution in [1.29, 1.82) is 0 Å². The number of aromatic nitrogens is 2. The lowest BCUT2D eigenvalue weighted by atomic mass is 9.97. The third-order valence-corrected chi connectivity index (χ3v) is 4.57. The Labute approximate surface area is 165 Å². The minimum Gasteiger partial charge on any atom is -0.461 e. The molecule has 0 saturated carbocycles. The third-order valence-electron chi connectivity index (χ3n) is 4.57. The summed E-state index contributed by atoms with van der Waals surface area (Å²) < 4.78 is 12.6. The van der Waals surface area contributed by atoms with Gasteiger partial charge in [0.2, 0.25) is 0 Å². The molecule has 2 heterocycles. The molecule has 0 radical (unpaired) electrons. The molecule has 1 amide bonds. The van der Waals surface area contributed by atoms with Crippen molar-refractivity contribution in [2.75, 3.05) is 13.1 Å². The van der Waals surface area contributed by atoms with Gasteiger partial charge in [-0.05, 0) is 57.4 Å². The zero-order valence-electron chi connectivity index (χ0n) is 16.6. The number of likely N-dealkylation sites (tertiary alicyclic amines) is 1. The molecule has 0 unspecified atom stereocenters. The van der Waals surface area contributed by atoms with Gasteiger partial charge in [-0.3, -0.25) is 4.79 Å². The minimum absolute atomic E-state index is 0.179.